The summed E-state index contributed by atoms with van der Waals surface area (Å²) in [6.07, 6.45) is 4.02. The smallest absolute Gasteiger partial charge is 0.252 e. The van der Waals surface area contributed by atoms with Crippen LogP contribution in [0.5, 0.6) is 5.75 Å². The average Bonchev–Trinajstić information content (AvgIpc) is 2.77. The van der Waals surface area contributed by atoms with E-state index < -0.39 is 5.91 Å². The summed E-state index contributed by atoms with van der Waals surface area (Å²) in [7, 11) is 1.62. The number of methoxy groups -OCH3 is 1. The molecule has 2 aromatic rings. The first-order valence-electron chi connectivity index (χ1n) is 10.2. The molecule has 1 saturated heterocycles. The molecule has 30 heavy (non-hydrogen) atoms. The van der Waals surface area contributed by atoms with Gasteiger partial charge in [-0.3, -0.25) is 9.59 Å². The molecular weight excluding hydrogens is 382 g/mol. The van der Waals surface area contributed by atoms with Gasteiger partial charge in [-0.25, -0.2) is 4.98 Å². The molecule has 1 aromatic carbocycles. The van der Waals surface area contributed by atoms with Gasteiger partial charge in [0, 0.05) is 44.0 Å². The van der Waals surface area contributed by atoms with E-state index in [1.165, 1.54) is 6.20 Å². The molecule has 0 bridgehead atoms. The van der Waals surface area contributed by atoms with Gasteiger partial charge < -0.3 is 26.0 Å². The van der Waals surface area contributed by atoms with Crippen LogP contribution in [0.25, 0.3) is 0 Å². The second-order valence-electron chi connectivity index (χ2n) is 7.42. The van der Waals surface area contributed by atoms with E-state index in [0.29, 0.717) is 36.0 Å². The Bertz CT molecular complexity index is 885. The molecular formula is C22H29N5O3. The third kappa shape index (κ3) is 5.40. The second kappa shape index (κ2) is 9.96. The molecule has 0 unspecified atom stereocenters. The van der Waals surface area contributed by atoms with Gasteiger partial charge in [0.2, 0.25) is 5.91 Å². The number of carbonyl (C=O) groups is 2. The summed E-state index contributed by atoms with van der Waals surface area (Å²) in [6, 6.07) is 9.26. The molecule has 0 radical (unpaired) electrons. The summed E-state index contributed by atoms with van der Waals surface area (Å²) in [4.78, 5) is 30.1. The Kier molecular flexibility index (Phi) is 7.11. The predicted molar refractivity (Wildman–Crippen MR) is 117 cm³/mol. The Morgan fingerprint density at radius 1 is 1.30 bits per heavy atom. The lowest BCUT2D eigenvalue weighted by Gasteiger charge is -2.33. The van der Waals surface area contributed by atoms with Crippen LogP contribution in [0.3, 0.4) is 0 Å². The van der Waals surface area contributed by atoms with Crippen molar-refractivity contribution in [2.24, 2.45) is 11.7 Å². The molecule has 160 valence electrons. The molecule has 1 aromatic heterocycles. The zero-order chi connectivity index (χ0) is 21.5. The lowest BCUT2D eigenvalue weighted by atomic mass is 9.97. The summed E-state index contributed by atoms with van der Waals surface area (Å²) >= 11 is 0. The number of primary amides is 1. The number of aromatic nitrogens is 1. The van der Waals surface area contributed by atoms with E-state index in [1.807, 2.05) is 36.1 Å². The van der Waals surface area contributed by atoms with Crippen molar-refractivity contribution in [1.82, 2.24) is 9.88 Å². The standard InChI is InChI=1S/C22H29N5O3/c1-3-21(28)27-10-4-5-15(14-27)12-24-19-11-20(25-13-18(19)22(23)29)26-16-6-8-17(30-2)9-7-16/h6-9,11,13,15H,3-5,10,12,14H2,1-2H3,(H2,23,29)(H2,24,25,26)/t15-/m1/s1. The molecule has 1 atom stereocenters. The minimum Gasteiger partial charge on any atom is -0.497 e. The first-order valence-corrected chi connectivity index (χ1v) is 10.2. The maximum absolute atomic E-state index is 12.0. The van der Waals surface area contributed by atoms with Gasteiger partial charge in [0.25, 0.3) is 5.91 Å². The molecule has 0 spiro atoms. The van der Waals surface area contributed by atoms with Gasteiger partial charge in [0.15, 0.2) is 0 Å². The quantitative estimate of drug-likeness (QED) is 0.616. The SMILES string of the molecule is CCC(=O)N1CCC[C@H](CNc2cc(Nc3ccc(OC)cc3)ncc2C(N)=O)C1. The Balaban J connectivity index is 1.69. The van der Waals surface area contributed by atoms with Crippen LogP contribution in [0.1, 0.15) is 36.5 Å². The number of pyridine rings is 1. The van der Waals surface area contributed by atoms with E-state index in [-0.39, 0.29) is 5.91 Å². The zero-order valence-electron chi connectivity index (χ0n) is 17.5. The molecule has 3 rings (SSSR count). The predicted octanol–water partition coefficient (Wildman–Crippen LogP) is 2.99. The number of hydrogen-bond donors (Lipinski definition) is 3. The number of ether oxygens (including phenoxy) is 1. The first kappa shape index (κ1) is 21.4. The number of amides is 2. The van der Waals surface area contributed by atoms with Crippen molar-refractivity contribution in [3.63, 3.8) is 0 Å². The van der Waals surface area contributed by atoms with Gasteiger partial charge in [0.1, 0.15) is 11.6 Å². The number of likely N-dealkylation sites (tertiary alicyclic amines) is 1. The van der Waals surface area contributed by atoms with Crippen molar-refractivity contribution in [3.8, 4) is 5.75 Å². The molecule has 8 nitrogen and oxygen atoms in total. The third-order valence-electron chi connectivity index (χ3n) is 5.29. The third-order valence-corrected chi connectivity index (χ3v) is 5.29. The highest BCUT2D eigenvalue weighted by Crippen LogP contribution is 2.24. The minimum atomic E-state index is -0.535. The van der Waals surface area contributed by atoms with Crippen LogP contribution in [0.4, 0.5) is 17.2 Å². The number of rotatable bonds is 8. The zero-order valence-corrected chi connectivity index (χ0v) is 17.5. The van der Waals surface area contributed by atoms with E-state index >= 15 is 0 Å². The summed E-state index contributed by atoms with van der Waals surface area (Å²) in [5.41, 5.74) is 7.35. The first-order chi connectivity index (χ1) is 14.5. The molecule has 1 aliphatic rings. The highest BCUT2D eigenvalue weighted by molar-refractivity contribution is 5.98. The largest absolute Gasteiger partial charge is 0.497 e. The monoisotopic (exact) mass is 411 g/mol. The Morgan fingerprint density at radius 3 is 2.73 bits per heavy atom. The van der Waals surface area contributed by atoms with Crippen molar-refractivity contribution in [1.29, 1.82) is 0 Å². The maximum Gasteiger partial charge on any atom is 0.252 e. The van der Waals surface area contributed by atoms with Crippen molar-refractivity contribution < 1.29 is 14.3 Å². The summed E-state index contributed by atoms with van der Waals surface area (Å²) in [5, 5.41) is 6.57. The van der Waals surface area contributed by atoms with Crippen LogP contribution < -0.4 is 21.1 Å². The van der Waals surface area contributed by atoms with E-state index in [2.05, 4.69) is 15.6 Å². The van der Waals surface area contributed by atoms with Crippen LogP contribution in [0.15, 0.2) is 36.5 Å². The van der Waals surface area contributed by atoms with Gasteiger partial charge in [0.05, 0.1) is 18.4 Å². The van der Waals surface area contributed by atoms with Gasteiger partial charge in [-0.2, -0.15) is 0 Å². The van der Waals surface area contributed by atoms with Gasteiger partial charge >= 0.3 is 0 Å². The van der Waals surface area contributed by atoms with Crippen molar-refractivity contribution in [2.75, 3.05) is 37.4 Å². The van der Waals surface area contributed by atoms with Crippen LogP contribution >= 0.6 is 0 Å². The van der Waals surface area contributed by atoms with Crippen LogP contribution in [-0.2, 0) is 4.79 Å². The number of nitrogens with two attached hydrogens (primary N) is 1. The van der Waals surface area contributed by atoms with Crippen LogP contribution in [0, 0.1) is 5.92 Å². The number of hydrogen-bond acceptors (Lipinski definition) is 6. The summed E-state index contributed by atoms with van der Waals surface area (Å²) < 4.78 is 5.17. The molecule has 2 heterocycles. The van der Waals surface area contributed by atoms with E-state index in [0.717, 1.165) is 37.4 Å². The van der Waals surface area contributed by atoms with E-state index in [4.69, 9.17) is 10.5 Å². The number of nitrogens with zero attached hydrogens (tertiary/aromatic N) is 2. The highest BCUT2D eigenvalue weighted by Gasteiger charge is 2.23. The second-order valence-corrected chi connectivity index (χ2v) is 7.42. The van der Waals surface area contributed by atoms with E-state index in [9.17, 15) is 9.59 Å². The number of carbonyl (C=O) groups excluding carboxylic acids is 2. The molecule has 1 fully saturated rings. The summed E-state index contributed by atoms with van der Waals surface area (Å²) in [5.74, 6) is 1.34. The van der Waals surface area contributed by atoms with Gasteiger partial charge in [-0.15, -0.1) is 0 Å². The average molecular weight is 412 g/mol. The molecule has 2 amide bonds. The van der Waals surface area contributed by atoms with Gasteiger partial charge in [-0.05, 0) is 43.0 Å². The highest BCUT2D eigenvalue weighted by atomic mass is 16.5. The minimum absolute atomic E-state index is 0.187. The van der Waals surface area contributed by atoms with Gasteiger partial charge in [-0.1, -0.05) is 6.92 Å². The Hall–Kier alpha value is -3.29. The maximum atomic E-state index is 12.0. The summed E-state index contributed by atoms with van der Waals surface area (Å²) in [6.45, 7) is 4.09. The molecule has 0 aliphatic carbocycles. The number of nitrogens with one attached hydrogen (secondary N) is 2. The normalized spacial score (nSPS) is 16.1. The molecule has 1 aliphatic heterocycles. The lowest BCUT2D eigenvalue weighted by Crippen LogP contribution is -2.41. The van der Waals surface area contributed by atoms with E-state index in [1.54, 1.807) is 13.2 Å². The van der Waals surface area contributed by atoms with Crippen molar-refractivity contribution in [3.05, 3.63) is 42.1 Å². The fraction of sp³-hybridized carbons (Fsp3) is 0.409. The molecule has 8 heteroatoms. The number of benzene rings is 1. The van der Waals surface area contributed by atoms with Crippen LogP contribution in [-0.4, -0.2) is 48.4 Å². The number of anilines is 3. The Labute approximate surface area is 176 Å². The van der Waals surface area contributed by atoms with Crippen molar-refractivity contribution >= 4 is 29.0 Å². The molecule has 0 saturated carbocycles. The van der Waals surface area contributed by atoms with Crippen LogP contribution in [0.2, 0.25) is 0 Å². The fourth-order valence-corrected chi connectivity index (χ4v) is 3.62. The fourth-order valence-electron chi connectivity index (χ4n) is 3.62. The lowest BCUT2D eigenvalue weighted by molar-refractivity contribution is -0.132. The molecule has 4 N–H and O–H groups in total. The van der Waals surface area contributed by atoms with Crippen molar-refractivity contribution in [2.45, 2.75) is 26.2 Å². The Morgan fingerprint density at radius 2 is 2.07 bits per heavy atom. The number of piperidine rings is 1. The topological polar surface area (TPSA) is 110 Å².